The SMILES string of the molecule is Nc1ncnc2c1ncn2C1OC(CO[P+](=O)OP(=O)(O)O[P+](=O)O)C(O)C1O. The molecule has 1 fully saturated rings. The summed E-state index contributed by atoms with van der Waals surface area (Å²) in [6.45, 7) is -0.640. The molecule has 1 aliphatic rings. The van der Waals surface area contributed by atoms with E-state index in [1.807, 2.05) is 0 Å². The van der Waals surface area contributed by atoms with Crippen LogP contribution in [0.15, 0.2) is 12.7 Å². The molecule has 7 atom stereocenters. The molecule has 1 saturated heterocycles. The van der Waals surface area contributed by atoms with Gasteiger partial charge in [-0.15, -0.1) is 9.42 Å². The van der Waals surface area contributed by atoms with E-state index in [4.69, 9.17) is 20.3 Å². The number of phosphoric acid groups is 1. The van der Waals surface area contributed by atoms with Gasteiger partial charge in [0.2, 0.25) is 0 Å². The van der Waals surface area contributed by atoms with Crippen molar-refractivity contribution in [3.63, 3.8) is 0 Å². The van der Waals surface area contributed by atoms with E-state index in [1.165, 1.54) is 17.2 Å². The van der Waals surface area contributed by atoms with Crippen molar-refractivity contribution >= 4 is 41.3 Å². The molecular weight excluding hydrogens is 459 g/mol. The number of rotatable bonds is 8. The largest absolute Gasteiger partial charge is 0.708 e. The minimum Gasteiger partial charge on any atom is -0.387 e. The van der Waals surface area contributed by atoms with Gasteiger partial charge in [-0.3, -0.25) is 9.46 Å². The van der Waals surface area contributed by atoms with Crippen molar-refractivity contribution in [1.29, 1.82) is 0 Å². The molecule has 0 spiro atoms. The molecule has 0 saturated carbocycles. The van der Waals surface area contributed by atoms with Crippen LogP contribution in [0.2, 0.25) is 0 Å². The molecule has 3 rings (SSSR count). The zero-order valence-electron chi connectivity index (χ0n) is 14.0. The number of nitrogen functional groups attached to an aromatic ring is 1. The number of fused-ring (bicyclic) bond motifs is 1. The quantitative estimate of drug-likeness (QED) is 0.303. The number of ether oxygens (including phenoxy) is 1. The normalized spacial score (nSPS) is 27.7. The number of aliphatic hydroxyl groups excluding tert-OH is 2. The summed E-state index contributed by atoms with van der Waals surface area (Å²) < 4.78 is 52.4. The first-order valence-electron chi connectivity index (χ1n) is 7.52. The maximum Gasteiger partial charge on any atom is 0.708 e. The van der Waals surface area contributed by atoms with Crippen molar-refractivity contribution < 1.29 is 51.6 Å². The molecule has 6 N–H and O–H groups in total. The van der Waals surface area contributed by atoms with Crippen molar-refractivity contribution in [3.05, 3.63) is 12.7 Å². The maximum atomic E-state index is 11.6. The van der Waals surface area contributed by atoms with E-state index < -0.39 is 55.5 Å². The van der Waals surface area contributed by atoms with Crippen molar-refractivity contribution in [2.24, 2.45) is 0 Å². The molecule has 0 amide bonds. The fraction of sp³-hybridized carbons (Fsp3) is 0.500. The molecule has 3 heterocycles. The minimum absolute atomic E-state index is 0.0936. The average Bonchev–Trinajstić information content (AvgIpc) is 3.15. The van der Waals surface area contributed by atoms with Gasteiger partial charge in [0.05, 0.1) is 6.33 Å². The van der Waals surface area contributed by atoms with Crippen LogP contribution in [0.1, 0.15) is 6.23 Å². The Morgan fingerprint density at radius 3 is 2.66 bits per heavy atom. The molecule has 0 bridgehead atoms. The van der Waals surface area contributed by atoms with Crippen LogP contribution in [-0.2, 0) is 31.6 Å². The molecule has 1 aliphatic heterocycles. The molecule has 158 valence electrons. The molecule has 16 nitrogen and oxygen atoms in total. The summed E-state index contributed by atoms with van der Waals surface area (Å²) in [4.78, 5) is 29.3. The van der Waals surface area contributed by atoms with E-state index in [0.29, 0.717) is 0 Å². The lowest BCUT2D eigenvalue weighted by Crippen LogP contribution is -2.33. The first-order valence-corrected chi connectivity index (χ1v) is 11.2. The molecule has 29 heavy (non-hydrogen) atoms. The third-order valence-corrected chi connectivity index (χ3v) is 6.79. The van der Waals surface area contributed by atoms with E-state index in [-0.39, 0.29) is 17.0 Å². The Hall–Kier alpha value is -1.54. The Balaban J connectivity index is 1.65. The molecule has 2 aromatic heterocycles. The zero-order valence-corrected chi connectivity index (χ0v) is 16.7. The molecule has 7 unspecified atom stereocenters. The van der Waals surface area contributed by atoms with Gasteiger partial charge in [-0.05, 0) is 0 Å². The van der Waals surface area contributed by atoms with Crippen LogP contribution in [0.4, 0.5) is 5.82 Å². The fourth-order valence-corrected chi connectivity index (χ4v) is 4.72. The van der Waals surface area contributed by atoms with Crippen LogP contribution in [0.25, 0.3) is 11.2 Å². The van der Waals surface area contributed by atoms with Crippen LogP contribution in [-0.4, -0.2) is 64.4 Å². The predicted molar refractivity (Wildman–Crippen MR) is 91.0 cm³/mol. The maximum absolute atomic E-state index is 11.6. The van der Waals surface area contributed by atoms with Gasteiger partial charge in [0, 0.05) is 17.8 Å². The van der Waals surface area contributed by atoms with Gasteiger partial charge >= 0.3 is 24.3 Å². The van der Waals surface area contributed by atoms with Crippen LogP contribution in [0, 0.1) is 0 Å². The summed E-state index contributed by atoms with van der Waals surface area (Å²) in [5.74, 6) is 0.0936. The van der Waals surface area contributed by atoms with Crippen molar-refractivity contribution in [2.75, 3.05) is 12.3 Å². The molecule has 0 radical (unpaired) electrons. The predicted octanol–water partition coefficient (Wildman–Crippen LogP) is -0.515. The molecule has 2 aromatic rings. The monoisotopic (exact) mass is 473 g/mol. The molecule has 0 aliphatic carbocycles. The molecule has 19 heteroatoms. The number of nitrogens with zero attached hydrogens (tertiary/aromatic N) is 4. The third-order valence-electron chi connectivity index (χ3n) is 3.69. The van der Waals surface area contributed by atoms with Crippen LogP contribution in [0.3, 0.4) is 0 Å². The second kappa shape index (κ2) is 8.68. The summed E-state index contributed by atoms with van der Waals surface area (Å²) in [6, 6.07) is 0. The lowest BCUT2D eigenvalue weighted by Gasteiger charge is -2.16. The third kappa shape index (κ3) is 4.97. The lowest BCUT2D eigenvalue weighted by atomic mass is 10.1. The van der Waals surface area contributed by atoms with Crippen molar-refractivity contribution in [3.8, 4) is 0 Å². The Labute approximate surface area is 162 Å². The first-order chi connectivity index (χ1) is 13.6. The van der Waals surface area contributed by atoms with Crippen LogP contribution >= 0.6 is 24.3 Å². The van der Waals surface area contributed by atoms with Crippen LogP contribution in [0.5, 0.6) is 0 Å². The van der Waals surface area contributed by atoms with Gasteiger partial charge < -0.3 is 20.7 Å². The molecule has 0 aromatic carbocycles. The number of aromatic nitrogens is 4. The Morgan fingerprint density at radius 2 is 1.97 bits per heavy atom. The summed E-state index contributed by atoms with van der Waals surface area (Å²) in [7, 11) is -11.9. The van der Waals surface area contributed by atoms with E-state index in [1.54, 1.807) is 0 Å². The second-order valence-corrected chi connectivity index (χ2v) is 8.94. The highest BCUT2D eigenvalue weighted by molar-refractivity contribution is 7.61. The number of hydrogen-bond donors (Lipinski definition) is 5. The second-order valence-electron chi connectivity index (χ2n) is 5.52. The Bertz CT molecular complexity index is 987. The van der Waals surface area contributed by atoms with Gasteiger partial charge in [-0.1, -0.05) is 0 Å². The minimum atomic E-state index is -5.11. The average molecular weight is 473 g/mol. The highest BCUT2D eigenvalue weighted by atomic mass is 31.3. The lowest BCUT2D eigenvalue weighted by molar-refractivity contribution is -0.0476. The van der Waals surface area contributed by atoms with E-state index >= 15 is 0 Å². The smallest absolute Gasteiger partial charge is 0.387 e. The van der Waals surface area contributed by atoms with Crippen molar-refractivity contribution in [1.82, 2.24) is 19.5 Å². The Kier molecular flexibility index (Phi) is 6.63. The summed E-state index contributed by atoms with van der Waals surface area (Å²) >= 11 is 0. The van der Waals surface area contributed by atoms with Gasteiger partial charge in [0.25, 0.3) is 0 Å². The van der Waals surface area contributed by atoms with Crippen molar-refractivity contribution in [2.45, 2.75) is 24.5 Å². The van der Waals surface area contributed by atoms with Gasteiger partial charge in [-0.2, -0.15) is 0 Å². The highest BCUT2D eigenvalue weighted by Crippen LogP contribution is 2.57. The summed E-state index contributed by atoms with van der Waals surface area (Å²) in [5, 5.41) is 20.4. The number of imidazole rings is 1. The Morgan fingerprint density at radius 1 is 1.24 bits per heavy atom. The number of anilines is 1. The standard InChI is InChI=1S/C10H12N5O11P3/c11-8-5-9(13-2-12-8)15(3-14-5)10-7(17)6(16)4(24-10)1-23-28(20)26-29(21,22)25-27(18)19/h2-4,6-7,10,16-17H,1H2,(H2-2,11,12,13,18,19,21,22)/p+2. The summed E-state index contributed by atoms with van der Waals surface area (Å²) in [6.07, 6.45) is -2.94. The van der Waals surface area contributed by atoms with Gasteiger partial charge in [0.1, 0.15) is 36.8 Å². The van der Waals surface area contributed by atoms with Gasteiger partial charge in [-0.25, -0.2) is 19.5 Å². The van der Waals surface area contributed by atoms with E-state index in [0.717, 1.165) is 0 Å². The number of nitrogens with two attached hydrogens (primary N) is 1. The summed E-state index contributed by atoms with van der Waals surface area (Å²) in [5.41, 5.74) is 6.15. The number of hydrogen-bond acceptors (Lipinski definition) is 13. The number of aliphatic hydroxyl groups is 2. The van der Waals surface area contributed by atoms with Gasteiger partial charge in [0.15, 0.2) is 17.7 Å². The molecular formula is C10H14N5O11P3+2. The highest BCUT2D eigenvalue weighted by Gasteiger charge is 2.48. The van der Waals surface area contributed by atoms with E-state index in [9.17, 15) is 23.9 Å². The zero-order chi connectivity index (χ0) is 21.3. The topological polar surface area (TPSA) is 239 Å². The first kappa shape index (κ1) is 22.2. The van der Waals surface area contributed by atoms with E-state index in [2.05, 4.69) is 28.1 Å². The van der Waals surface area contributed by atoms with Crippen LogP contribution < -0.4 is 5.73 Å². The fourth-order valence-electron chi connectivity index (χ4n) is 2.50.